The van der Waals surface area contributed by atoms with Crippen LogP contribution in [0.25, 0.3) is 0 Å². The zero-order valence-corrected chi connectivity index (χ0v) is 13.6. The lowest BCUT2D eigenvalue weighted by Crippen LogP contribution is -2.13. The molecule has 0 aromatic heterocycles. The van der Waals surface area contributed by atoms with Gasteiger partial charge in [0.2, 0.25) is 10.0 Å². The number of primary sulfonamides is 1. The summed E-state index contributed by atoms with van der Waals surface area (Å²) in [6.45, 7) is 0. The van der Waals surface area contributed by atoms with Crippen molar-refractivity contribution in [3.05, 3.63) is 51.6 Å². The molecule has 0 aliphatic heterocycles. The number of rotatable bonds is 3. The number of carbonyl (C=O) groups excluding carboxylic acids is 1. The maximum atomic E-state index is 12.0. The van der Waals surface area contributed by atoms with Crippen LogP contribution >= 0.6 is 22.6 Å². The van der Waals surface area contributed by atoms with Crippen LogP contribution in [0.3, 0.4) is 0 Å². The minimum Gasteiger partial charge on any atom is -0.507 e. The summed E-state index contributed by atoms with van der Waals surface area (Å²) in [7, 11) is -3.76. The molecule has 110 valence electrons. The van der Waals surface area contributed by atoms with Gasteiger partial charge in [-0.2, -0.15) is 0 Å². The SMILES string of the molecule is NS(=O)(=O)c1ccc(NC(=O)c2ccc(I)c(O)c2)cc1. The highest BCUT2D eigenvalue weighted by molar-refractivity contribution is 14.1. The van der Waals surface area contributed by atoms with Crippen molar-refractivity contribution in [3.63, 3.8) is 0 Å². The van der Waals surface area contributed by atoms with Crippen LogP contribution in [0.1, 0.15) is 10.4 Å². The molecule has 1 amide bonds. The molecule has 0 bridgehead atoms. The van der Waals surface area contributed by atoms with Gasteiger partial charge in [-0.25, -0.2) is 13.6 Å². The summed E-state index contributed by atoms with van der Waals surface area (Å²) in [4.78, 5) is 12.0. The normalized spacial score (nSPS) is 11.1. The fourth-order valence-electron chi connectivity index (χ4n) is 1.59. The maximum Gasteiger partial charge on any atom is 0.255 e. The molecule has 0 saturated heterocycles. The monoisotopic (exact) mass is 418 g/mol. The summed E-state index contributed by atoms with van der Waals surface area (Å²) in [6, 6.07) is 10.0. The number of hydrogen-bond donors (Lipinski definition) is 3. The Morgan fingerprint density at radius 1 is 1.14 bits per heavy atom. The first-order valence-electron chi connectivity index (χ1n) is 5.70. The second-order valence-electron chi connectivity index (χ2n) is 4.19. The number of phenols is 1. The average Bonchev–Trinajstić information content (AvgIpc) is 2.41. The molecule has 0 heterocycles. The summed E-state index contributed by atoms with van der Waals surface area (Å²) in [5.74, 6) is -0.391. The number of phenolic OH excluding ortho intramolecular Hbond substituents is 1. The molecule has 2 aromatic rings. The Hall–Kier alpha value is -1.65. The third-order valence-corrected chi connectivity index (χ3v) is 4.49. The van der Waals surface area contributed by atoms with E-state index in [2.05, 4.69) is 5.32 Å². The van der Waals surface area contributed by atoms with Gasteiger partial charge in [-0.3, -0.25) is 4.79 Å². The Balaban J connectivity index is 2.18. The van der Waals surface area contributed by atoms with E-state index in [9.17, 15) is 18.3 Å². The lowest BCUT2D eigenvalue weighted by molar-refractivity contribution is 0.102. The molecule has 0 unspecified atom stereocenters. The number of hydrogen-bond acceptors (Lipinski definition) is 4. The lowest BCUT2D eigenvalue weighted by atomic mass is 10.2. The van der Waals surface area contributed by atoms with Gasteiger partial charge in [0, 0.05) is 11.3 Å². The second-order valence-corrected chi connectivity index (χ2v) is 6.91. The van der Waals surface area contributed by atoms with Gasteiger partial charge in [-0.1, -0.05) is 0 Å². The number of benzene rings is 2. The Morgan fingerprint density at radius 3 is 2.29 bits per heavy atom. The van der Waals surface area contributed by atoms with E-state index in [1.165, 1.54) is 30.3 Å². The summed E-state index contributed by atoms with van der Waals surface area (Å²) < 4.78 is 22.9. The van der Waals surface area contributed by atoms with Crippen LogP contribution in [-0.2, 0) is 10.0 Å². The second kappa shape index (κ2) is 6.00. The quantitative estimate of drug-likeness (QED) is 0.662. The Labute approximate surface area is 135 Å². The van der Waals surface area contributed by atoms with Gasteiger partial charge in [-0.15, -0.1) is 0 Å². The number of anilines is 1. The molecule has 0 spiro atoms. The molecule has 8 heteroatoms. The number of halogens is 1. The van der Waals surface area contributed by atoms with Crippen LogP contribution in [-0.4, -0.2) is 19.4 Å². The van der Waals surface area contributed by atoms with Crippen LogP contribution in [0.5, 0.6) is 5.75 Å². The maximum absolute atomic E-state index is 12.0. The van der Waals surface area contributed by atoms with Gasteiger partial charge in [-0.05, 0) is 65.1 Å². The van der Waals surface area contributed by atoms with Gasteiger partial charge in [0.15, 0.2) is 0 Å². The van der Waals surface area contributed by atoms with E-state index in [1.54, 1.807) is 12.1 Å². The Morgan fingerprint density at radius 2 is 1.76 bits per heavy atom. The van der Waals surface area contributed by atoms with E-state index < -0.39 is 15.9 Å². The first-order valence-corrected chi connectivity index (χ1v) is 8.32. The number of nitrogens with one attached hydrogen (secondary N) is 1. The number of aromatic hydroxyl groups is 1. The van der Waals surface area contributed by atoms with Crippen molar-refractivity contribution in [2.75, 3.05) is 5.32 Å². The molecular formula is C13H11IN2O4S. The van der Waals surface area contributed by atoms with Gasteiger partial charge in [0.25, 0.3) is 5.91 Å². The zero-order chi connectivity index (χ0) is 15.6. The molecular weight excluding hydrogens is 407 g/mol. The minimum atomic E-state index is -3.76. The number of nitrogens with two attached hydrogens (primary N) is 1. The van der Waals surface area contributed by atoms with E-state index >= 15 is 0 Å². The smallest absolute Gasteiger partial charge is 0.255 e. The number of carbonyl (C=O) groups is 1. The molecule has 0 atom stereocenters. The Kier molecular flexibility index (Phi) is 4.49. The van der Waals surface area contributed by atoms with Crippen LogP contribution in [0.2, 0.25) is 0 Å². The van der Waals surface area contributed by atoms with Crippen LogP contribution in [0, 0.1) is 3.57 Å². The van der Waals surface area contributed by atoms with Crippen molar-refractivity contribution in [2.45, 2.75) is 4.90 Å². The van der Waals surface area contributed by atoms with E-state index in [4.69, 9.17) is 5.14 Å². The van der Waals surface area contributed by atoms with Crippen LogP contribution < -0.4 is 10.5 Å². The van der Waals surface area contributed by atoms with Crippen molar-refractivity contribution in [2.24, 2.45) is 5.14 Å². The predicted molar refractivity (Wildman–Crippen MR) is 86.6 cm³/mol. The minimum absolute atomic E-state index is 0.0211. The molecule has 6 nitrogen and oxygen atoms in total. The zero-order valence-electron chi connectivity index (χ0n) is 10.6. The van der Waals surface area contributed by atoms with Crippen molar-refractivity contribution in [1.82, 2.24) is 0 Å². The van der Waals surface area contributed by atoms with Crippen molar-refractivity contribution < 1.29 is 18.3 Å². The summed E-state index contributed by atoms with van der Waals surface area (Å²) in [6.07, 6.45) is 0. The highest BCUT2D eigenvalue weighted by Crippen LogP contribution is 2.21. The van der Waals surface area contributed by atoms with Gasteiger partial charge >= 0.3 is 0 Å². The largest absolute Gasteiger partial charge is 0.507 e. The number of amides is 1. The molecule has 0 saturated carbocycles. The van der Waals surface area contributed by atoms with E-state index in [-0.39, 0.29) is 10.6 Å². The topological polar surface area (TPSA) is 109 Å². The highest BCUT2D eigenvalue weighted by atomic mass is 127. The first kappa shape index (κ1) is 15.7. The van der Waals surface area contributed by atoms with Crippen molar-refractivity contribution >= 4 is 44.2 Å². The van der Waals surface area contributed by atoms with Gasteiger partial charge in [0.1, 0.15) is 5.75 Å². The predicted octanol–water partition coefficient (Wildman–Crippen LogP) is 1.90. The molecule has 0 fully saturated rings. The van der Waals surface area contributed by atoms with Gasteiger partial charge in [0.05, 0.1) is 8.47 Å². The molecule has 4 N–H and O–H groups in total. The fourth-order valence-corrected chi connectivity index (χ4v) is 2.44. The van der Waals surface area contributed by atoms with Crippen LogP contribution in [0.15, 0.2) is 47.4 Å². The highest BCUT2D eigenvalue weighted by Gasteiger charge is 2.10. The van der Waals surface area contributed by atoms with E-state index in [1.807, 2.05) is 22.6 Å². The van der Waals surface area contributed by atoms with Crippen LogP contribution in [0.4, 0.5) is 5.69 Å². The Bertz CT molecular complexity index is 788. The molecule has 21 heavy (non-hydrogen) atoms. The molecule has 0 radical (unpaired) electrons. The number of sulfonamides is 1. The fraction of sp³-hybridized carbons (Fsp3) is 0. The summed E-state index contributed by atoms with van der Waals surface area (Å²) in [5, 5.41) is 17.2. The van der Waals surface area contributed by atoms with Crippen molar-refractivity contribution in [3.8, 4) is 5.75 Å². The lowest BCUT2D eigenvalue weighted by Gasteiger charge is -2.07. The first-order chi connectivity index (χ1) is 9.77. The molecule has 0 aliphatic rings. The summed E-state index contributed by atoms with van der Waals surface area (Å²) >= 11 is 1.95. The molecule has 0 aliphatic carbocycles. The van der Waals surface area contributed by atoms with Crippen molar-refractivity contribution in [1.29, 1.82) is 0 Å². The third kappa shape index (κ3) is 3.93. The summed E-state index contributed by atoms with van der Waals surface area (Å²) in [5.41, 5.74) is 0.717. The molecule has 2 rings (SSSR count). The van der Waals surface area contributed by atoms with Gasteiger partial charge < -0.3 is 10.4 Å². The standard InChI is InChI=1S/C13H11IN2O4S/c14-11-6-1-8(7-12(11)17)13(18)16-9-2-4-10(5-3-9)21(15,19)20/h1-7,17H,(H,16,18)(H2,15,19,20). The van der Waals surface area contributed by atoms with E-state index in [0.717, 1.165) is 0 Å². The molecule has 2 aromatic carbocycles. The van der Waals surface area contributed by atoms with E-state index in [0.29, 0.717) is 14.8 Å². The average molecular weight is 418 g/mol. The third-order valence-electron chi connectivity index (χ3n) is 2.65.